The van der Waals surface area contributed by atoms with E-state index in [4.69, 9.17) is 9.52 Å². The van der Waals surface area contributed by atoms with E-state index in [2.05, 4.69) is 0 Å². The zero-order chi connectivity index (χ0) is 15.6. The predicted molar refractivity (Wildman–Crippen MR) is 64.7 cm³/mol. The Morgan fingerprint density at radius 1 is 1.33 bits per heavy atom. The van der Waals surface area contributed by atoms with Crippen LogP contribution in [-0.4, -0.2) is 41.1 Å². The maximum absolute atomic E-state index is 12.3. The molecule has 2 heterocycles. The largest absolute Gasteiger partial charge is 0.478 e. The van der Waals surface area contributed by atoms with Crippen LogP contribution in [0.15, 0.2) is 16.7 Å². The van der Waals surface area contributed by atoms with E-state index in [0.29, 0.717) is 25.0 Å². The second-order valence-electron chi connectivity index (χ2n) is 5.00. The van der Waals surface area contributed by atoms with Gasteiger partial charge in [0, 0.05) is 19.5 Å². The smallest absolute Gasteiger partial charge is 0.471 e. The fourth-order valence-electron chi connectivity index (χ4n) is 2.47. The molecule has 1 aromatic rings. The minimum atomic E-state index is -4.84. The summed E-state index contributed by atoms with van der Waals surface area (Å²) >= 11 is 0. The van der Waals surface area contributed by atoms with Gasteiger partial charge in [-0.25, -0.2) is 4.79 Å². The molecule has 0 unspecified atom stereocenters. The number of carbonyl (C=O) groups is 2. The van der Waals surface area contributed by atoms with Gasteiger partial charge in [0.2, 0.25) is 0 Å². The van der Waals surface area contributed by atoms with Crippen molar-refractivity contribution in [3.63, 3.8) is 0 Å². The Hall–Kier alpha value is -1.99. The highest BCUT2D eigenvalue weighted by Crippen LogP contribution is 2.27. The number of piperidine rings is 1. The average molecular weight is 305 g/mol. The van der Waals surface area contributed by atoms with Crippen molar-refractivity contribution in [3.05, 3.63) is 23.7 Å². The Morgan fingerprint density at radius 3 is 2.48 bits per heavy atom. The third-order valence-corrected chi connectivity index (χ3v) is 3.59. The summed E-state index contributed by atoms with van der Waals surface area (Å²) in [5.41, 5.74) is 0.0730. The summed E-state index contributed by atoms with van der Waals surface area (Å²) in [5.74, 6) is -2.58. The molecule has 0 aliphatic carbocycles. The highest BCUT2D eigenvalue weighted by atomic mass is 19.4. The van der Waals surface area contributed by atoms with Gasteiger partial charge in [0.15, 0.2) is 0 Å². The molecule has 1 saturated heterocycles. The molecular weight excluding hydrogens is 291 g/mol. The fraction of sp³-hybridized carbons (Fsp3) is 0.538. The van der Waals surface area contributed by atoms with Crippen molar-refractivity contribution >= 4 is 11.9 Å². The van der Waals surface area contributed by atoms with Gasteiger partial charge < -0.3 is 14.4 Å². The molecular formula is C13H14F3NO4. The quantitative estimate of drug-likeness (QED) is 0.930. The number of carboxylic acids is 1. The molecule has 1 aliphatic rings. The summed E-state index contributed by atoms with van der Waals surface area (Å²) in [7, 11) is 0. The summed E-state index contributed by atoms with van der Waals surface area (Å²) in [6.07, 6.45) is -2.43. The zero-order valence-electron chi connectivity index (χ0n) is 11.0. The van der Waals surface area contributed by atoms with Gasteiger partial charge >= 0.3 is 18.1 Å². The molecule has 1 aliphatic heterocycles. The summed E-state index contributed by atoms with van der Waals surface area (Å²) < 4.78 is 42.0. The molecule has 1 fully saturated rings. The van der Waals surface area contributed by atoms with Crippen molar-refractivity contribution in [3.8, 4) is 0 Å². The predicted octanol–water partition coefficient (Wildman–Crippen LogP) is 2.32. The van der Waals surface area contributed by atoms with Crippen molar-refractivity contribution in [2.24, 2.45) is 5.92 Å². The first-order chi connectivity index (χ1) is 9.79. The van der Waals surface area contributed by atoms with Crippen LogP contribution in [0.1, 0.15) is 29.0 Å². The first-order valence-corrected chi connectivity index (χ1v) is 6.44. The van der Waals surface area contributed by atoms with E-state index in [1.807, 2.05) is 0 Å². The SMILES string of the molecule is O=C(O)c1ccoc1CC1CCN(C(=O)C(F)(F)F)CC1. The van der Waals surface area contributed by atoms with E-state index in [0.717, 1.165) is 4.90 Å². The third-order valence-electron chi connectivity index (χ3n) is 3.59. The van der Waals surface area contributed by atoms with Crippen LogP contribution in [0.2, 0.25) is 0 Å². The van der Waals surface area contributed by atoms with Crippen molar-refractivity contribution in [1.29, 1.82) is 0 Å². The molecule has 0 saturated carbocycles. The molecule has 116 valence electrons. The van der Waals surface area contributed by atoms with Gasteiger partial charge in [0.25, 0.3) is 0 Å². The summed E-state index contributed by atoms with van der Waals surface area (Å²) in [6.45, 7) is 0.0399. The first kappa shape index (κ1) is 15.4. The van der Waals surface area contributed by atoms with Crippen molar-refractivity contribution < 1.29 is 32.3 Å². The lowest BCUT2D eigenvalue weighted by Crippen LogP contribution is -2.45. The second-order valence-corrected chi connectivity index (χ2v) is 5.00. The fourth-order valence-corrected chi connectivity index (χ4v) is 2.47. The maximum atomic E-state index is 12.3. The van der Waals surface area contributed by atoms with Gasteiger partial charge in [-0.15, -0.1) is 0 Å². The lowest BCUT2D eigenvalue weighted by molar-refractivity contribution is -0.186. The molecule has 0 bridgehead atoms. The molecule has 1 amide bonds. The summed E-state index contributed by atoms with van der Waals surface area (Å²) in [4.78, 5) is 22.8. The number of carboxylic acid groups (broad SMARTS) is 1. The van der Waals surface area contributed by atoms with Crippen molar-refractivity contribution in [2.75, 3.05) is 13.1 Å². The van der Waals surface area contributed by atoms with E-state index in [9.17, 15) is 22.8 Å². The normalized spacial score (nSPS) is 17.0. The van der Waals surface area contributed by atoms with E-state index in [1.165, 1.54) is 12.3 Å². The molecule has 1 aromatic heterocycles. The Morgan fingerprint density at radius 2 is 1.95 bits per heavy atom. The number of hydrogen-bond acceptors (Lipinski definition) is 3. The highest BCUT2D eigenvalue weighted by molar-refractivity contribution is 5.88. The number of furan rings is 1. The Balaban J connectivity index is 1.91. The van der Waals surface area contributed by atoms with Crippen LogP contribution in [0.3, 0.4) is 0 Å². The Kier molecular flexibility index (Phi) is 4.24. The van der Waals surface area contributed by atoms with Gasteiger partial charge in [-0.2, -0.15) is 13.2 Å². The van der Waals surface area contributed by atoms with Gasteiger partial charge in [0.1, 0.15) is 11.3 Å². The lowest BCUT2D eigenvalue weighted by atomic mass is 9.91. The Bertz CT molecular complexity index is 530. The van der Waals surface area contributed by atoms with Gasteiger partial charge in [-0.05, 0) is 24.8 Å². The number of alkyl halides is 3. The molecule has 0 radical (unpaired) electrons. The molecule has 0 aromatic carbocycles. The van der Waals surface area contributed by atoms with Crippen LogP contribution in [-0.2, 0) is 11.2 Å². The minimum Gasteiger partial charge on any atom is -0.478 e. The van der Waals surface area contributed by atoms with Crippen LogP contribution in [0.25, 0.3) is 0 Å². The monoisotopic (exact) mass is 305 g/mol. The first-order valence-electron chi connectivity index (χ1n) is 6.44. The molecule has 21 heavy (non-hydrogen) atoms. The number of likely N-dealkylation sites (tertiary alicyclic amines) is 1. The van der Waals surface area contributed by atoms with Crippen LogP contribution < -0.4 is 0 Å². The number of aromatic carboxylic acids is 1. The zero-order valence-corrected chi connectivity index (χ0v) is 11.0. The summed E-state index contributed by atoms with van der Waals surface area (Å²) in [6, 6.07) is 1.35. The molecule has 5 nitrogen and oxygen atoms in total. The maximum Gasteiger partial charge on any atom is 0.471 e. The van der Waals surface area contributed by atoms with E-state index in [1.54, 1.807) is 0 Å². The average Bonchev–Trinajstić information content (AvgIpc) is 2.86. The van der Waals surface area contributed by atoms with Gasteiger partial charge in [0.05, 0.1) is 6.26 Å². The number of nitrogens with zero attached hydrogens (tertiary/aromatic N) is 1. The topological polar surface area (TPSA) is 70.8 Å². The highest BCUT2D eigenvalue weighted by Gasteiger charge is 2.43. The Labute approximate surface area is 118 Å². The van der Waals surface area contributed by atoms with E-state index in [-0.39, 0.29) is 24.6 Å². The van der Waals surface area contributed by atoms with E-state index >= 15 is 0 Å². The van der Waals surface area contributed by atoms with Crippen LogP contribution >= 0.6 is 0 Å². The lowest BCUT2D eigenvalue weighted by Gasteiger charge is -2.32. The minimum absolute atomic E-state index is 0.00605. The number of amides is 1. The van der Waals surface area contributed by atoms with Crippen LogP contribution in [0.5, 0.6) is 0 Å². The third kappa shape index (κ3) is 3.56. The standard InChI is InChI=1S/C13H14F3NO4/c14-13(15,16)12(20)17-4-1-8(2-5-17)7-10-9(11(18)19)3-6-21-10/h3,6,8H,1-2,4-5,7H2,(H,18,19). The van der Waals surface area contributed by atoms with Gasteiger partial charge in [-0.3, -0.25) is 4.79 Å². The van der Waals surface area contributed by atoms with E-state index < -0.39 is 18.1 Å². The molecule has 8 heteroatoms. The molecule has 0 spiro atoms. The van der Waals surface area contributed by atoms with Crippen LogP contribution in [0.4, 0.5) is 13.2 Å². The molecule has 1 N–H and O–H groups in total. The van der Waals surface area contributed by atoms with Crippen molar-refractivity contribution in [1.82, 2.24) is 4.90 Å². The number of hydrogen-bond donors (Lipinski definition) is 1. The van der Waals surface area contributed by atoms with Gasteiger partial charge in [-0.1, -0.05) is 0 Å². The number of carbonyl (C=O) groups excluding carboxylic acids is 1. The number of rotatable bonds is 3. The number of halogens is 3. The molecule has 2 rings (SSSR count). The van der Waals surface area contributed by atoms with Crippen LogP contribution in [0, 0.1) is 5.92 Å². The van der Waals surface area contributed by atoms with Crippen molar-refractivity contribution in [2.45, 2.75) is 25.4 Å². The second kappa shape index (κ2) is 5.79. The summed E-state index contributed by atoms with van der Waals surface area (Å²) in [5, 5.41) is 8.95. The molecule has 0 atom stereocenters.